The Bertz CT molecular complexity index is 134. The highest BCUT2D eigenvalue weighted by Gasteiger charge is 1.92. The predicted octanol–water partition coefficient (Wildman–Crippen LogP) is 1.27. The van der Waals surface area contributed by atoms with Gasteiger partial charge in [-0.25, -0.2) is 0 Å². The van der Waals surface area contributed by atoms with Gasteiger partial charge in [-0.15, -0.1) is 0 Å². The van der Waals surface area contributed by atoms with Gasteiger partial charge in [0.15, 0.2) is 0 Å². The summed E-state index contributed by atoms with van der Waals surface area (Å²) in [4.78, 5) is 0. The van der Waals surface area contributed by atoms with E-state index >= 15 is 0 Å². The Labute approximate surface area is 68.3 Å². The van der Waals surface area contributed by atoms with Gasteiger partial charge in [-0.3, -0.25) is 0 Å². The zero-order valence-corrected chi connectivity index (χ0v) is 7.26. The van der Waals surface area contributed by atoms with Crippen LogP contribution in [0, 0.1) is 5.41 Å². The summed E-state index contributed by atoms with van der Waals surface area (Å²) in [5.41, 5.74) is 0. The van der Waals surface area contributed by atoms with Crippen molar-refractivity contribution in [2.24, 2.45) is 0 Å². The molecule has 0 rings (SSSR count). The van der Waals surface area contributed by atoms with E-state index in [-0.39, 0.29) is 6.61 Å². The molecule has 4 heteroatoms. The number of halogens is 1. The van der Waals surface area contributed by atoms with E-state index in [4.69, 9.17) is 15.3 Å². The number of hydrogen-bond donors (Lipinski definition) is 2. The molecule has 0 amide bonds. The summed E-state index contributed by atoms with van der Waals surface area (Å²) < 4.78 is 5.39. The monoisotopic (exact) mass is 207 g/mol. The van der Waals surface area contributed by atoms with Crippen molar-refractivity contribution in [3.63, 3.8) is 0 Å². The molecule has 0 aromatic heterocycles. The quantitative estimate of drug-likeness (QED) is 0.539. The Morgan fingerprint density at radius 2 is 2.50 bits per heavy atom. The molecule has 58 valence electrons. The first-order chi connectivity index (χ1) is 4.66. The highest BCUT2D eigenvalue weighted by Crippen LogP contribution is 1.99. The summed E-state index contributed by atoms with van der Waals surface area (Å²) in [6, 6.07) is 0. The molecule has 0 saturated carbocycles. The van der Waals surface area contributed by atoms with E-state index in [0.717, 1.165) is 6.21 Å². The van der Waals surface area contributed by atoms with Crippen LogP contribution in [-0.4, -0.2) is 24.0 Å². The maximum Gasteiger partial charge on any atom is 0.113 e. The number of ether oxygens (including phenoxy) is 1. The minimum absolute atomic E-state index is 0.253. The third kappa shape index (κ3) is 5.78. The number of aliphatic hydroxyl groups is 1. The molecule has 0 saturated heterocycles. The largest absolute Gasteiger partial charge is 0.497 e. The van der Waals surface area contributed by atoms with E-state index in [1.165, 1.54) is 6.26 Å². The van der Waals surface area contributed by atoms with Gasteiger partial charge in [0.05, 0.1) is 16.8 Å². The summed E-state index contributed by atoms with van der Waals surface area (Å²) >= 11 is 3.04. The molecule has 0 aliphatic heterocycles. The average molecular weight is 208 g/mol. The molecule has 0 aliphatic carbocycles. The lowest BCUT2D eigenvalue weighted by Crippen LogP contribution is -2.07. The summed E-state index contributed by atoms with van der Waals surface area (Å²) in [6.07, 6.45) is 2.02. The van der Waals surface area contributed by atoms with Gasteiger partial charge in [0.2, 0.25) is 0 Å². The fourth-order valence-electron chi connectivity index (χ4n) is 0.301. The predicted molar refractivity (Wildman–Crippen MR) is 43.4 cm³/mol. The Hall–Kier alpha value is -0.350. The molecule has 3 nitrogen and oxygen atoms in total. The molecule has 0 heterocycles. The van der Waals surface area contributed by atoms with Crippen LogP contribution < -0.4 is 0 Å². The first-order valence-electron chi connectivity index (χ1n) is 2.82. The molecule has 0 fully saturated rings. The van der Waals surface area contributed by atoms with Gasteiger partial charge in [0.25, 0.3) is 0 Å². The highest BCUT2D eigenvalue weighted by atomic mass is 79.9. The minimum Gasteiger partial charge on any atom is -0.497 e. The van der Waals surface area contributed by atoms with Gasteiger partial charge in [0.1, 0.15) is 6.61 Å². The van der Waals surface area contributed by atoms with Crippen molar-refractivity contribution in [1.29, 1.82) is 5.41 Å². The lowest BCUT2D eigenvalue weighted by molar-refractivity contribution is 0.0976. The van der Waals surface area contributed by atoms with E-state index in [1.54, 1.807) is 6.92 Å². The van der Waals surface area contributed by atoms with Gasteiger partial charge >= 0.3 is 0 Å². The van der Waals surface area contributed by atoms with Crippen molar-refractivity contribution in [3.8, 4) is 0 Å². The first-order valence-corrected chi connectivity index (χ1v) is 3.62. The van der Waals surface area contributed by atoms with E-state index in [0.29, 0.717) is 4.48 Å². The normalized spacial score (nSPS) is 14.5. The lowest BCUT2D eigenvalue weighted by Gasteiger charge is -2.01. The molecule has 0 spiro atoms. The summed E-state index contributed by atoms with van der Waals surface area (Å²) in [5, 5.41) is 15.4. The topological polar surface area (TPSA) is 53.3 Å². The van der Waals surface area contributed by atoms with Crippen LogP contribution in [0.1, 0.15) is 6.92 Å². The molecular formula is C6H10BrNO2. The fourth-order valence-corrected chi connectivity index (χ4v) is 0.433. The van der Waals surface area contributed by atoms with Crippen molar-refractivity contribution < 1.29 is 9.84 Å². The van der Waals surface area contributed by atoms with E-state index in [2.05, 4.69) is 15.9 Å². The number of nitrogens with one attached hydrogen (secondary N) is 1. The highest BCUT2D eigenvalue weighted by molar-refractivity contribution is 9.12. The number of hydrogen-bond acceptors (Lipinski definition) is 3. The van der Waals surface area contributed by atoms with E-state index in [9.17, 15) is 0 Å². The molecule has 0 bridgehead atoms. The minimum atomic E-state index is -0.470. The molecule has 1 atom stereocenters. The van der Waals surface area contributed by atoms with Crippen molar-refractivity contribution in [2.45, 2.75) is 13.0 Å². The standard InChI is InChI=1S/C6H10BrNO2/c1-5(9)3-10-4-6(7)2-8/h2,4-5,8-9H,3H2,1H3/b6-4-,8-2?. The first kappa shape index (κ1) is 9.65. The zero-order chi connectivity index (χ0) is 7.98. The Morgan fingerprint density at radius 3 is 2.90 bits per heavy atom. The molecule has 0 radical (unpaired) electrons. The third-order valence-corrected chi connectivity index (χ3v) is 1.09. The second-order valence-corrected chi connectivity index (χ2v) is 2.75. The second-order valence-electron chi connectivity index (χ2n) is 1.83. The molecule has 2 N–H and O–H groups in total. The molecule has 1 unspecified atom stereocenters. The van der Waals surface area contributed by atoms with Crippen molar-refractivity contribution in [1.82, 2.24) is 0 Å². The van der Waals surface area contributed by atoms with Crippen LogP contribution in [0.15, 0.2) is 10.7 Å². The van der Waals surface area contributed by atoms with Gasteiger partial charge in [-0.05, 0) is 22.9 Å². The molecule has 0 aromatic carbocycles. The van der Waals surface area contributed by atoms with E-state index < -0.39 is 6.10 Å². The van der Waals surface area contributed by atoms with Crippen LogP contribution in [0.4, 0.5) is 0 Å². The van der Waals surface area contributed by atoms with Gasteiger partial charge in [0, 0.05) is 6.21 Å². The summed E-state index contributed by atoms with van der Waals surface area (Å²) in [7, 11) is 0. The number of aliphatic hydroxyl groups excluding tert-OH is 1. The van der Waals surface area contributed by atoms with Crippen molar-refractivity contribution in [3.05, 3.63) is 10.7 Å². The van der Waals surface area contributed by atoms with E-state index in [1.807, 2.05) is 0 Å². The lowest BCUT2D eigenvalue weighted by atomic mass is 10.4. The van der Waals surface area contributed by atoms with Crippen LogP contribution in [0.25, 0.3) is 0 Å². The van der Waals surface area contributed by atoms with Crippen molar-refractivity contribution in [2.75, 3.05) is 6.61 Å². The van der Waals surface area contributed by atoms with Gasteiger partial charge in [-0.2, -0.15) is 0 Å². The summed E-state index contributed by atoms with van der Waals surface area (Å²) in [6.45, 7) is 1.88. The average Bonchev–Trinajstić information content (AvgIpc) is 1.87. The number of rotatable bonds is 4. The van der Waals surface area contributed by atoms with Crippen LogP contribution in [-0.2, 0) is 4.74 Å². The second kappa shape index (κ2) is 5.44. The zero-order valence-electron chi connectivity index (χ0n) is 5.67. The maximum absolute atomic E-state index is 8.71. The number of allylic oxidation sites excluding steroid dienone is 1. The SMILES string of the molecule is CC(O)CO/C=C(\Br)C=N. The van der Waals surface area contributed by atoms with Gasteiger partial charge < -0.3 is 15.3 Å². The fraction of sp³-hybridized carbons (Fsp3) is 0.500. The van der Waals surface area contributed by atoms with Crippen LogP contribution in [0.3, 0.4) is 0 Å². The van der Waals surface area contributed by atoms with Gasteiger partial charge in [-0.1, -0.05) is 0 Å². The molecule has 0 aromatic rings. The molecular weight excluding hydrogens is 198 g/mol. The van der Waals surface area contributed by atoms with Crippen LogP contribution >= 0.6 is 15.9 Å². The van der Waals surface area contributed by atoms with Crippen LogP contribution in [0.2, 0.25) is 0 Å². The van der Waals surface area contributed by atoms with Crippen LogP contribution in [0.5, 0.6) is 0 Å². The third-order valence-electron chi connectivity index (χ3n) is 0.671. The Morgan fingerprint density at radius 1 is 1.90 bits per heavy atom. The Kier molecular flexibility index (Phi) is 5.25. The van der Waals surface area contributed by atoms with Crippen molar-refractivity contribution >= 4 is 22.1 Å². The molecule has 10 heavy (non-hydrogen) atoms. The Balaban J connectivity index is 3.43. The maximum atomic E-state index is 8.71. The summed E-state index contributed by atoms with van der Waals surface area (Å²) in [5.74, 6) is 0. The smallest absolute Gasteiger partial charge is 0.113 e. The molecule has 0 aliphatic rings.